The highest BCUT2D eigenvalue weighted by atomic mass is 16.1. The van der Waals surface area contributed by atoms with E-state index in [9.17, 15) is 4.79 Å². The van der Waals surface area contributed by atoms with Gasteiger partial charge in [0.05, 0.1) is 27.8 Å². The van der Waals surface area contributed by atoms with Gasteiger partial charge in [-0.05, 0) is 43.4 Å². The predicted octanol–water partition coefficient (Wildman–Crippen LogP) is 3.27. The van der Waals surface area contributed by atoms with E-state index < -0.39 is 5.91 Å². The van der Waals surface area contributed by atoms with Gasteiger partial charge in [0, 0.05) is 67.3 Å². The van der Waals surface area contributed by atoms with Crippen molar-refractivity contribution in [1.29, 1.82) is 5.41 Å². The van der Waals surface area contributed by atoms with E-state index in [2.05, 4.69) is 45.3 Å². The van der Waals surface area contributed by atoms with Crippen LogP contribution in [-0.4, -0.2) is 67.3 Å². The quantitative estimate of drug-likeness (QED) is 0.355. The second-order valence-corrected chi connectivity index (χ2v) is 8.48. The third-order valence-corrected chi connectivity index (χ3v) is 6.44. The topological polar surface area (TPSA) is 114 Å². The number of nitrogens with one attached hydrogen (secondary N) is 3. The summed E-state index contributed by atoms with van der Waals surface area (Å²) in [4.78, 5) is 25.4. The van der Waals surface area contributed by atoms with Crippen molar-refractivity contribution < 1.29 is 4.79 Å². The highest BCUT2D eigenvalue weighted by molar-refractivity contribution is 6.14. The lowest BCUT2D eigenvalue weighted by Crippen LogP contribution is -2.44. The fourth-order valence-electron chi connectivity index (χ4n) is 4.52. The van der Waals surface area contributed by atoms with Crippen LogP contribution < -0.4 is 16.0 Å². The fraction of sp³-hybridized carbons (Fsp3) is 0.240. The first-order valence-corrected chi connectivity index (χ1v) is 11.0. The number of pyridine rings is 1. The summed E-state index contributed by atoms with van der Waals surface area (Å²) in [6.07, 6.45) is 1.30. The molecule has 5 rings (SSSR count). The Morgan fingerprint density at radius 3 is 2.64 bits per heavy atom. The number of hydrogen-bond donors (Lipinski definition) is 4. The van der Waals surface area contributed by atoms with Crippen LogP contribution in [0.25, 0.3) is 33.2 Å². The van der Waals surface area contributed by atoms with Crippen LogP contribution in [0.4, 0.5) is 11.4 Å². The Kier molecular flexibility index (Phi) is 5.22. The van der Waals surface area contributed by atoms with E-state index >= 15 is 0 Å². The third-order valence-electron chi connectivity index (χ3n) is 6.44. The van der Waals surface area contributed by atoms with E-state index in [1.807, 2.05) is 25.2 Å². The molecule has 1 saturated heterocycles. The lowest BCUT2D eigenvalue weighted by atomic mass is 10.0. The monoisotopic (exact) mass is 441 g/mol. The minimum absolute atomic E-state index is 0.404. The first-order chi connectivity index (χ1) is 16.0. The molecule has 1 fully saturated rings. The Hall–Kier alpha value is -3.91. The molecule has 4 aromatic rings. The van der Waals surface area contributed by atoms with Crippen LogP contribution in [0.3, 0.4) is 0 Å². The molecule has 2 aromatic heterocycles. The molecule has 1 amide bonds. The third kappa shape index (κ3) is 3.68. The Balaban J connectivity index is 1.65. The van der Waals surface area contributed by atoms with Crippen molar-refractivity contribution in [2.24, 2.45) is 5.73 Å². The number of hydrogen-bond acceptors (Lipinski definition) is 6. The number of fused-ring (bicyclic) bond motifs is 3. The molecule has 5 N–H and O–H groups in total. The standard InChI is InChI=1S/C25H27N7O/c1-28-20-6-3-15(11-16(20)14-26)21-13-19(25(27)33)24-23(29-21)18-5-4-17(12-22(18)30-24)32-9-7-31(2)8-10-32/h3-6,11-14,26,28,30H,7-10H2,1-2H3,(H2,27,33). The maximum Gasteiger partial charge on any atom is 0.250 e. The lowest BCUT2D eigenvalue weighted by Gasteiger charge is -2.34. The number of anilines is 2. The number of piperazine rings is 1. The van der Waals surface area contributed by atoms with Crippen LogP contribution in [0.5, 0.6) is 0 Å². The van der Waals surface area contributed by atoms with E-state index in [4.69, 9.17) is 16.1 Å². The number of likely N-dealkylation sites (N-methyl/N-ethyl adjacent to an activating group) is 1. The number of rotatable bonds is 5. The molecule has 168 valence electrons. The first kappa shape index (κ1) is 21.0. The Morgan fingerprint density at radius 1 is 1.15 bits per heavy atom. The molecular weight excluding hydrogens is 414 g/mol. The number of nitrogens with zero attached hydrogens (tertiary/aromatic N) is 3. The molecule has 0 unspecified atom stereocenters. The maximum absolute atomic E-state index is 12.4. The van der Waals surface area contributed by atoms with Gasteiger partial charge in [-0.2, -0.15) is 0 Å². The van der Waals surface area contributed by atoms with Crippen molar-refractivity contribution in [2.45, 2.75) is 0 Å². The summed E-state index contributed by atoms with van der Waals surface area (Å²) in [6, 6.07) is 13.8. The molecule has 1 aliphatic rings. The number of amides is 1. The number of carbonyl (C=O) groups excluding carboxylic acids is 1. The zero-order chi connectivity index (χ0) is 23.1. The minimum atomic E-state index is -0.506. The minimum Gasteiger partial charge on any atom is -0.388 e. The van der Waals surface area contributed by atoms with Crippen molar-refractivity contribution in [1.82, 2.24) is 14.9 Å². The molecular formula is C25H27N7O. The summed E-state index contributed by atoms with van der Waals surface area (Å²) in [7, 11) is 3.96. The fourth-order valence-corrected chi connectivity index (χ4v) is 4.52. The summed E-state index contributed by atoms with van der Waals surface area (Å²) in [5, 5.41) is 11.7. The van der Waals surface area contributed by atoms with E-state index in [0.717, 1.165) is 65.1 Å². The first-order valence-electron chi connectivity index (χ1n) is 11.0. The summed E-state index contributed by atoms with van der Waals surface area (Å²) in [6.45, 7) is 4.03. The van der Waals surface area contributed by atoms with Gasteiger partial charge in [-0.1, -0.05) is 6.07 Å². The Morgan fingerprint density at radius 2 is 1.94 bits per heavy atom. The van der Waals surface area contributed by atoms with Gasteiger partial charge in [-0.15, -0.1) is 0 Å². The van der Waals surface area contributed by atoms with E-state index in [-0.39, 0.29) is 0 Å². The van der Waals surface area contributed by atoms with Crippen LogP contribution in [0.1, 0.15) is 15.9 Å². The second kappa shape index (κ2) is 8.22. The zero-order valence-corrected chi connectivity index (χ0v) is 18.8. The summed E-state index contributed by atoms with van der Waals surface area (Å²) >= 11 is 0. The molecule has 0 aliphatic carbocycles. The number of benzene rings is 2. The number of aromatic amines is 1. The van der Waals surface area contributed by atoms with Gasteiger partial charge in [0.15, 0.2) is 0 Å². The van der Waals surface area contributed by atoms with E-state index in [1.54, 1.807) is 6.07 Å². The average molecular weight is 442 g/mol. The second-order valence-electron chi connectivity index (χ2n) is 8.48. The molecule has 0 spiro atoms. The number of carbonyl (C=O) groups is 1. The highest BCUT2D eigenvalue weighted by Gasteiger charge is 2.19. The Labute approximate surface area is 191 Å². The normalized spacial score (nSPS) is 14.7. The summed E-state index contributed by atoms with van der Waals surface area (Å²) < 4.78 is 0. The summed E-state index contributed by atoms with van der Waals surface area (Å²) in [5.74, 6) is -0.506. The van der Waals surface area contributed by atoms with Gasteiger partial charge in [-0.25, -0.2) is 4.98 Å². The zero-order valence-electron chi connectivity index (χ0n) is 18.8. The van der Waals surface area contributed by atoms with Gasteiger partial charge in [-0.3, -0.25) is 4.79 Å². The van der Waals surface area contributed by atoms with Crippen LogP contribution >= 0.6 is 0 Å². The molecule has 2 aromatic carbocycles. The van der Waals surface area contributed by atoms with Crippen molar-refractivity contribution in [3.63, 3.8) is 0 Å². The van der Waals surface area contributed by atoms with Crippen molar-refractivity contribution in [2.75, 3.05) is 50.5 Å². The molecule has 0 saturated carbocycles. The Bertz CT molecular complexity index is 1380. The van der Waals surface area contributed by atoms with Gasteiger partial charge in [0.1, 0.15) is 0 Å². The number of aromatic nitrogens is 2. The van der Waals surface area contributed by atoms with Crippen LogP contribution in [-0.2, 0) is 0 Å². The van der Waals surface area contributed by atoms with E-state index in [1.165, 1.54) is 6.21 Å². The van der Waals surface area contributed by atoms with E-state index in [0.29, 0.717) is 16.8 Å². The van der Waals surface area contributed by atoms with Crippen molar-refractivity contribution in [3.8, 4) is 11.3 Å². The number of H-pyrrole nitrogens is 1. The van der Waals surface area contributed by atoms with Crippen molar-refractivity contribution >= 4 is 45.4 Å². The van der Waals surface area contributed by atoms with Gasteiger partial charge >= 0.3 is 0 Å². The number of nitrogens with two attached hydrogens (primary N) is 1. The molecule has 3 heterocycles. The molecule has 1 aliphatic heterocycles. The smallest absolute Gasteiger partial charge is 0.250 e. The molecule has 33 heavy (non-hydrogen) atoms. The molecule has 8 nitrogen and oxygen atoms in total. The van der Waals surface area contributed by atoms with Crippen molar-refractivity contribution in [3.05, 3.63) is 53.6 Å². The molecule has 0 radical (unpaired) electrons. The molecule has 0 bridgehead atoms. The lowest BCUT2D eigenvalue weighted by molar-refractivity contribution is 0.100. The SMILES string of the molecule is CNc1ccc(-c2cc(C(N)=O)c3[nH]c4cc(N5CCN(C)CC5)ccc4c3n2)cc1C=N. The highest BCUT2D eigenvalue weighted by Crippen LogP contribution is 2.33. The number of primary amides is 1. The predicted molar refractivity (Wildman–Crippen MR) is 135 cm³/mol. The van der Waals surface area contributed by atoms with Gasteiger partial charge in [0.25, 0.3) is 5.91 Å². The van der Waals surface area contributed by atoms with Crippen LogP contribution in [0.2, 0.25) is 0 Å². The molecule has 0 atom stereocenters. The average Bonchev–Trinajstić information content (AvgIpc) is 3.21. The largest absolute Gasteiger partial charge is 0.388 e. The molecule has 8 heteroatoms. The van der Waals surface area contributed by atoms with Crippen LogP contribution in [0.15, 0.2) is 42.5 Å². The van der Waals surface area contributed by atoms with Gasteiger partial charge < -0.3 is 31.2 Å². The summed E-state index contributed by atoms with van der Waals surface area (Å²) in [5.41, 5.74) is 12.7. The maximum atomic E-state index is 12.4. The van der Waals surface area contributed by atoms with Gasteiger partial charge in [0.2, 0.25) is 0 Å². The van der Waals surface area contributed by atoms with Crippen LogP contribution in [0, 0.1) is 5.41 Å².